The van der Waals surface area contributed by atoms with Gasteiger partial charge in [-0.25, -0.2) is 4.79 Å². The molecule has 7 nitrogen and oxygen atoms in total. The molecule has 30 heavy (non-hydrogen) atoms. The first kappa shape index (κ1) is 25.9. The van der Waals surface area contributed by atoms with E-state index < -0.39 is 24.1 Å². The topological polar surface area (TPSA) is 84.9 Å². The van der Waals surface area contributed by atoms with Crippen LogP contribution >= 0.6 is 15.9 Å². The minimum atomic E-state index is -1.08. The van der Waals surface area contributed by atoms with Gasteiger partial charge in [-0.3, -0.25) is 14.9 Å². The lowest BCUT2D eigenvalue weighted by Crippen LogP contribution is -2.48. The molecule has 0 aliphatic heterocycles. The third-order valence-electron chi connectivity index (χ3n) is 4.05. The minimum Gasteiger partial charge on any atom is -0.436 e. The maximum Gasteiger partial charge on any atom is 0.412 e. The molecule has 0 aliphatic rings. The van der Waals surface area contributed by atoms with E-state index in [9.17, 15) is 14.4 Å². The highest BCUT2D eigenvalue weighted by molar-refractivity contribution is 9.10. The number of carbonyl (C=O) groups excluding carboxylic acids is 3. The number of hydrogen-bond donors (Lipinski definition) is 1. The van der Waals surface area contributed by atoms with Crippen molar-refractivity contribution < 1.29 is 24.0 Å². The molecule has 1 rings (SSSR count). The average Bonchev–Trinajstić information content (AvgIpc) is 2.58. The highest BCUT2D eigenvalue weighted by Crippen LogP contribution is 2.25. The molecular weight excluding hydrogens is 452 g/mol. The van der Waals surface area contributed by atoms with E-state index in [0.29, 0.717) is 18.5 Å². The SMILES string of the molecule is CC(=O)ON(C(=O)[C@H](CC(C)C)OC(=O)Nc1ccc(Br)cc1)C(C)CC(C)(C)C. The van der Waals surface area contributed by atoms with Crippen molar-refractivity contribution in [2.75, 3.05) is 5.32 Å². The monoisotopic (exact) mass is 484 g/mol. The number of rotatable bonds is 7. The first-order chi connectivity index (χ1) is 13.8. The predicted octanol–water partition coefficient (Wildman–Crippen LogP) is 5.54. The Morgan fingerprint density at radius 1 is 1.10 bits per heavy atom. The van der Waals surface area contributed by atoms with E-state index in [4.69, 9.17) is 9.57 Å². The van der Waals surface area contributed by atoms with Gasteiger partial charge in [0.05, 0.1) is 6.04 Å². The molecule has 0 fully saturated rings. The van der Waals surface area contributed by atoms with Crippen LogP contribution in [-0.2, 0) is 19.2 Å². The van der Waals surface area contributed by atoms with Crippen LogP contribution in [0, 0.1) is 11.3 Å². The zero-order chi connectivity index (χ0) is 23.1. The van der Waals surface area contributed by atoms with Crippen LogP contribution in [0.1, 0.15) is 61.3 Å². The molecule has 2 amide bonds. The molecule has 0 spiro atoms. The number of carbonyl (C=O) groups is 3. The summed E-state index contributed by atoms with van der Waals surface area (Å²) in [5.74, 6) is -1.08. The Morgan fingerprint density at radius 3 is 2.13 bits per heavy atom. The molecule has 1 aromatic rings. The maximum absolute atomic E-state index is 13.2. The molecule has 1 unspecified atom stereocenters. The molecule has 0 saturated heterocycles. The molecular formula is C22H33BrN2O5. The standard InChI is InChI=1S/C22H33BrN2O5/c1-14(2)12-19(29-21(28)24-18-10-8-17(23)9-11-18)20(27)25(30-16(4)26)15(3)13-22(5,6)7/h8-11,14-15,19H,12-13H2,1-7H3,(H,24,28)/t15?,19-/m0/s1. The average molecular weight is 485 g/mol. The van der Waals surface area contributed by atoms with E-state index in [2.05, 4.69) is 21.2 Å². The second kappa shape index (κ2) is 11.3. The number of hydroxylamine groups is 2. The lowest BCUT2D eigenvalue weighted by molar-refractivity contribution is -0.211. The Kier molecular flexibility index (Phi) is 9.81. The first-order valence-electron chi connectivity index (χ1n) is 10.0. The molecule has 1 N–H and O–H groups in total. The molecule has 168 valence electrons. The number of hydrogen-bond acceptors (Lipinski definition) is 5. The summed E-state index contributed by atoms with van der Waals surface area (Å²) in [6.45, 7) is 13.0. The van der Waals surface area contributed by atoms with Gasteiger partial charge in [-0.2, -0.15) is 5.06 Å². The van der Waals surface area contributed by atoms with Gasteiger partial charge >= 0.3 is 12.1 Å². The fourth-order valence-electron chi connectivity index (χ4n) is 3.04. The number of amides is 2. The highest BCUT2D eigenvalue weighted by atomic mass is 79.9. The molecule has 0 saturated carbocycles. The van der Waals surface area contributed by atoms with Crippen molar-refractivity contribution >= 4 is 39.6 Å². The maximum atomic E-state index is 13.2. The Hall–Kier alpha value is -2.09. The summed E-state index contributed by atoms with van der Waals surface area (Å²) in [6.07, 6.45) is -0.928. The Bertz CT molecular complexity index is 728. The first-order valence-corrected chi connectivity index (χ1v) is 10.8. The van der Waals surface area contributed by atoms with Crippen molar-refractivity contribution in [1.82, 2.24) is 5.06 Å². The molecule has 0 bridgehead atoms. The van der Waals surface area contributed by atoms with Crippen molar-refractivity contribution in [3.8, 4) is 0 Å². The lowest BCUT2D eigenvalue weighted by atomic mass is 9.88. The van der Waals surface area contributed by atoms with Crippen molar-refractivity contribution in [3.63, 3.8) is 0 Å². The van der Waals surface area contributed by atoms with Crippen LogP contribution in [0.5, 0.6) is 0 Å². The summed E-state index contributed by atoms with van der Waals surface area (Å²) >= 11 is 3.33. The highest BCUT2D eigenvalue weighted by Gasteiger charge is 2.35. The molecule has 0 heterocycles. The van der Waals surface area contributed by atoms with E-state index in [1.54, 1.807) is 31.2 Å². The number of nitrogens with one attached hydrogen (secondary N) is 1. The Morgan fingerprint density at radius 2 is 1.67 bits per heavy atom. The summed E-state index contributed by atoms with van der Waals surface area (Å²) < 4.78 is 6.33. The minimum absolute atomic E-state index is 0.0801. The van der Waals surface area contributed by atoms with Gasteiger partial charge in [0, 0.05) is 17.1 Å². The quantitative estimate of drug-likeness (QED) is 0.513. The third-order valence-corrected chi connectivity index (χ3v) is 4.58. The van der Waals surface area contributed by atoms with Crippen LogP contribution in [0.2, 0.25) is 0 Å². The largest absolute Gasteiger partial charge is 0.436 e. The number of benzene rings is 1. The van der Waals surface area contributed by atoms with E-state index in [0.717, 1.165) is 9.54 Å². The fraction of sp³-hybridized carbons (Fsp3) is 0.591. The van der Waals surface area contributed by atoms with Gasteiger partial charge < -0.3 is 9.57 Å². The van der Waals surface area contributed by atoms with Gasteiger partial charge in [-0.1, -0.05) is 50.5 Å². The van der Waals surface area contributed by atoms with Crippen molar-refractivity contribution in [2.45, 2.75) is 73.5 Å². The van der Waals surface area contributed by atoms with Crippen LogP contribution in [0.15, 0.2) is 28.7 Å². The zero-order valence-electron chi connectivity index (χ0n) is 18.8. The van der Waals surface area contributed by atoms with Crippen molar-refractivity contribution in [3.05, 3.63) is 28.7 Å². The normalized spacial score (nSPS) is 13.4. The van der Waals surface area contributed by atoms with E-state index in [1.165, 1.54) is 6.92 Å². The van der Waals surface area contributed by atoms with Crippen LogP contribution in [-0.4, -0.2) is 35.2 Å². The van der Waals surface area contributed by atoms with Gasteiger partial charge in [0.1, 0.15) is 0 Å². The predicted molar refractivity (Wildman–Crippen MR) is 120 cm³/mol. The fourth-order valence-corrected chi connectivity index (χ4v) is 3.30. The van der Waals surface area contributed by atoms with Crippen molar-refractivity contribution in [2.24, 2.45) is 11.3 Å². The van der Waals surface area contributed by atoms with E-state index >= 15 is 0 Å². The number of anilines is 1. The summed E-state index contributed by atoms with van der Waals surface area (Å²) in [6, 6.07) is 6.60. The number of nitrogens with zero attached hydrogens (tertiary/aromatic N) is 1. The second-order valence-electron chi connectivity index (χ2n) is 9.02. The summed E-state index contributed by atoms with van der Waals surface area (Å²) in [5, 5.41) is 3.66. The van der Waals surface area contributed by atoms with Gasteiger partial charge in [0.25, 0.3) is 5.91 Å². The molecule has 2 atom stereocenters. The molecule has 8 heteroatoms. The smallest absolute Gasteiger partial charge is 0.412 e. The van der Waals surface area contributed by atoms with Gasteiger partial charge in [-0.15, -0.1) is 0 Å². The summed E-state index contributed by atoms with van der Waals surface area (Å²) in [7, 11) is 0. The molecule has 0 radical (unpaired) electrons. The third kappa shape index (κ3) is 9.61. The Labute approximate surface area is 187 Å². The lowest BCUT2D eigenvalue weighted by Gasteiger charge is -2.33. The molecule has 1 aromatic carbocycles. The summed E-state index contributed by atoms with van der Waals surface area (Å²) in [5.41, 5.74) is 0.447. The number of ether oxygens (including phenoxy) is 1. The van der Waals surface area contributed by atoms with Gasteiger partial charge in [0.15, 0.2) is 6.10 Å². The number of halogens is 1. The van der Waals surface area contributed by atoms with Crippen LogP contribution < -0.4 is 5.32 Å². The van der Waals surface area contributed by atoms with E-state index in [-0.39, 0.29) is 17.4 Å². The molecule has 0 aliphatic carbocycles. The van der Waals surface area contributed by atoms with Crippen LogP contribution in [0.3, 0.4) is 0 Å². The van der Waals surface area contributed by atoms with Crippen LogP contribution in [0.4, 0.5) is 10.5 Å². The summed E-state index contributed by atoms with van der Waals surface area (Å²) in [4.78, 5) is 42.5. The van der Waals surface area contributed by atoms with Crippen LogP contribution in [0.25, 0.3) is 0 Å². The van der Waals surface area contributed by atoms with Crippen molar-refractivity contribution in [1.29, 1.82) is 0 Å². The second-order valence-corrected chi connectivity index (χ2v) is 9.93. The van der Waals surface area contributed by atoms with Gasteiger partial charge in [-0.05, 0) is 55.4 Å². The van der Waals surface area contributed by atoms with E-state index in [1.807, 2.05) is 34.6 Å². The Balaban J connectivity index is 3.00. The molecule has 0 aromatic heterocycles. The van der Waals surface area contributed by atoms with Gasteiger partial charge in [0.2, 0.25) is 0 Å². The zero-order valence-corrected chi connectivity index (χ0v) is 20.4.